The number of aromatic nitrogens is 1. The van der Waals surface area contributed by atoms with Gasteiger partial charge in [-0.05, 0) is 45.4 Å². The lowest BCUT2D eigenvalue weighted by Gasteiger charge is -2.13. The average molecular weight is 347 g/mol. The van der Waals surface area contributed by atoms with Crippen molar-refractivity contribution in [1.29, 1.82) is 0 Å². The van der Waals surface area contributed by atoms with Crippen LogP contribution in [0.3, 0.4) is 0 Å². The molecule has 0 fully saturated rings. The topological polar surface area (TPSA) is 58.5 Å². The number of hydrogen-bond acceptors (Lipinski definition) is 4. The Morgan fingerprint density at radius 1 is 1.25 bits per heavy atom. The third kappa shape index (κ3) is 5.53. The molecule has 0 radical (unpaired) electrons. The molecule has 6 heteroatoms. The van der Waals surface area contributed by atoms with E-state index in [0.717, 1.165) is 34.5 Å². The molecule has 2 rings (SSSR count). The number of thiazole rings is 1. The summed E-state index contributed by atoms with van der Waals surface area (Å²) in [6, 6.07) is 8.11. The van der Waals surface area contributed by atoms with Crippen molar-refractivity contribution in [2.75, 3.05) is 7.05 Å². The first-order chi connectivity index (χ1) is 11.5. The van der Waals surface area contributed by atoms with Gasteiger partial charge in [0.25, 0.3) is 0 Å². The Morgan fingerprint density at radius 3 is 2.62 bits per heavy atom. The maximum atomic E-state index is 5.73. The van der Waals surface area contributed by atoms with Gasteiger partial charge in [0.1, 0.15) is 5.75 Å². The zero-order valence-corrected chi connectivity index (χ0v) is 15.8. The standard InChI is InChI=1S/C18H26N4OS/c1-12(2)23-16-8-6-7-15(9-16)10-20-18(19-5)21-11-17-13(3)22-14(4)24-17/h6-9,12H,10-11H2,1-5H3,(H2,19,20,21). The third-order valence-corrected chi connectivity index (χ3v) is 4.44. The molecule has 0 unspecified atom stereocenters. The van der Waals surface area contributed by atoms with Crippen molar-refractivity contribution >= 4 is 17.3 Å². The maximum absolute atomic E-state index is 5.73. The number of nitrogens with one attached hydrogen (secondary N) is 2. The predicted octanol–water partition coefficient (Wildman–Crippen LogP) is 3.41. The molecule has 130 valence electrons. The van der Waals surface area contributed by atoms with E-state index in [1.165, 1.54) is 4.88 Å². The van der Waals surface area contributed by atoms with Gasteiger partial charge < -0.3 is 15.4 Å². The van der Waals surface area contributed by atoms with Crippen LogP contribution in [0.4, 0.5) is 0 Å². The second-order valence-corrected chi connectivity index (χ2v) is 7.12. The summed E-state index contributed by atoms with van der Waals surface area (Å²) < 4.78 is 5.73. The fraction of sp³-hybridized carbons (Fsp3) is 0.444. The van der Waals surface area contributed by atoms with Crippen LogP contribution in [0.15, 0.2) is 29.3 Å². The van der Waals surface area contributed by atoms with E-state index in [1.54, 1.807) is 18.4 Å². The lowest BCUT2D eigenvalue weighted by atomic mass is 10.2. The van der Waals surface area contributed by atoms with Gasteiger partial charge >= 0.3 is 0 Å². The van der Waals surface area contributed by atoms with Crippen molar-refractivity contribution in [2.24, 2.45) is 4.99 Å². The third-order valence-electron chi connectivity index (χ3n) is 3.37. The lowest BCUT2D eigenvalue weighted by Crippen LogP contribution is -2.36. The molecular formula is C18H26N4OS. The molecule has 0 amide bonds. The molecule has 0 atom stereocenters. The summed E-state index contributed by atoms with van der Waals surface area (Å²) in [6.07, 6.45) is 0.175. The van der Waals surface area contributed by atoms with E-state index in [-0.39, 0.29) is 6.10 Å². The predicted molar refractivity (Wildman–Crippen MR) is 101 cm³/mol. The summed E-state index contributed by atoms with van der Waals surface area (Å²) in [5.41, 5.74) is 2.24. The van der Waals surface area contributed by atoms with E-state index in [1.807, 2.05) is 39.8 Å². The molecule has 2 N–H and O–H groups in total. The van der Waals surface area contributed by atoms with E-state index in [9.17, 15) is 0 Å². The zero-order valence-electron chi connectivity index (χ0n) is 15.0. The average Bonchev–Trinajstić information content (AvgIpc) is 2.85. The highest BCUT2D eigenvalue weighted by Crippen LogP contribution is 2.17. The van der Waals surface area contributed by atoms with Crippen molar-refractivity contribution in [3.05, 3.63) is 45.4 Å². The highest BCUT2D eigenvalue weighted by molar-refractivity contribution is 7.11. The van der Waals surface area contributed by atoms with Gasteiger partial charge in [-0.3, -0.25) is 4.99 Å². The number of rotatable bonds is 6. The van der Waals surface area contributed by atoms with Crippen LogP contribution in [0.25, 0.3) is 0 Å². The van der Waals surface area contributed by atoms with Gasteiger partial charge in [0.05, 0.1) is 23.4 Å². The Morgan fingerprint density at radius 2 is 2.00 bits per heavy atom. The van der Waals surface area contributed by atoms with Gasteiger partial charge in [0, 0.05) is 18.5 Å². The Kier molecular flexibility index (Phi) is 6.61. The normalized spacial score (nSPS) is 11.7. The molecular weight excluding hydrogens is 320 g/mol. The smallest absolute Gasteiger partial charge is 0.191 e. The Bertz CT molecular complexity index is 694. The van der Waals surface area contributed by atoms with Crippen LogP contribution in [-0.2, 0) is 13.1 Å². The molecule has 0 aliphatic heterocycles. The second kappa shape index (κ2) is 8.68. The number of guanidine groups is 1. The summed E-state index contributed by atoms with van der Waals surface area (Å²) >= 11 is 1.72. The van der Waals surface area contributed by atoms with Crippen LogP contribution in [-0.4, -0.2) is 24.1 Å². The highest BCUT2D eigenvalue weighted by atomic mass is 32.1. The van der Waals surface area contributed by atoms with Crippen LogP contribution in [0.1, 0.15) is 35.0 Å². The van der Waals surface area contributed by atoms with Gasteiger partial charge in [-0.2, -0.15) is 0 Å². The highest BCUT2D eigenvalue weighted by Gasteiger charge is 2.06. The summed E-state index contributed by atoms with van der Waals surface area (Å²) in [5, 5.41) is 7.76. The van der Waals surface area contributed by atoms with Crippen LogP contribution in [0.5, 0.6) is 5.75 Å². The quantitative estimate of drug-likeness (QED) is 0.622. The molecule has 2 aromatic rings. The zero-order chi connectivity index (χ0) is 17.5. The molecule has 0 aliphatic carbocycles. The lowest BCUT2D eigenvalue weighted by molar-refractivity contribution is 0.242. The second-order valence-electron chi connectivity index (χ2n) is 5.83. The van der Waals surface area contributed by atoms with Crippen LogP contribution in [0.2, 0.25) is 0 Å². The van der Waals surface area contributed by atoms with Crippen molar-refractivity contribution in [2.45, 2.75) is 46.9 Å². The van der Waals surface area contributed by atoms with Crippen molar-refractivity contribution in [3.63, 3.8) is 0 Å². The van der Waals surface area contributed by atoms with E-state index in [0.29, 0.717) is 6.54 Å². The van der Waals surface area contributed by atoms with Gasteiger partial charge in [-0.25, -0.2) is 4.98 Å². The van der Waals surface area contributed by atoms with E-state index >= 15 is 0 Å². The molecule has 24 heavy (non-hydrogen) atoms. The van der Waals surface area contributed by atoms with Crippen molar-refractivity contribution in [1.82, 2.24) is 15.6 Å². The van der Waals surface area contributed by atoms with Crippen molar-refractivity contribution < 1.29 is 4.74 Å². The van der Waals surface area contributed by atoms with Gasteiger partial charge in [0.2, 0.25) is 0 Å². The maximum Gasteiger partial charge on any atom is 0.191 e. The molecule has 0 saturated heterocycles. The molecule has 1 aromatic carbocycles. The van der Waals surface area contributed by atoms with Crippen LogP contribution >= 0.6 is 11.3 Å². The van der Waals surface area contributed by atoms with Crippen LogP contribution < -0.4 is 15.4 Å². The molecule has 0 bridgehead atoms. The largest absolute Gasteiger partial charge is 0.491 e. The molecule has 1 heterocycles. The van der Waals surface area contributed by atoms with E-state index < -0.39 is 0 Å². The summed E-state index contributed by atoms with van der Waals surface area (Å²) in [6.45, 7) is 9.54. The minimum Gasteiger partial charge on any atom is -0.491 e. The first-order valence-corrected chi connectivity index (χ1v) is 8.92. The first-order valence-electron chi connectivity index (χ1n) is 8.11. The van der Waals surface area contributed by atoms with Gasteiger partial charge in [-0.1, -0.05) is 12.1 Å². The number of hydrogen-bond donors (Lipinski definition) is 2. The van der Waals surface area contributed by atoms with E-state index in [2.05, 4.69) is 32.7 Å². The fourth-order valence-corrected chi connectivity index (χ4v) is 3.19. The molecule has 0 spiro atoms. The van der Waals surface area contributed by atoms with E-state index in [4.69, 9.17) is 4.74 Å². The van der Waals surface area contributed by atoms with Gasteiger partial charge in [0.15, 0.2) is 5.96 Å². The molecule has 1 aromatic heterocycles. The Hall–Kier alpha value is -2.08. The number of aryl methyl sites for hydroxylation is 2. The Balaban J connectivity index is 1.88. The van der Waals surface area contributed by atoms with Crippen molar-refractivity contribution in [3.8, 4) is 5.75 Å². The SMILES string of the molecule is CN=C(NCc1cccc(OC(C)C)c1)NCc1sc(C)nc1C. The molecule has 0 saturated carbocycles. The molecule has 0 aliphatic rings. The Labute approximate surface area is 148 Å². The minimum atomic E-state index is 0.175. The summed E-state index contributed by atoms with van der Waals surface area (Å²) in [7, 11) is 1.78. The number of benzene rings is 1. The number of aliphatic imine (C=N–C) groups is 1. The fourth-order valence-electron chi connectivity index (χ4n) is 2.31. The monoisotopic (exact) mass is 346 g/mol. The number of nitrogens with zero attached hydrogens (tertiary/aromatic N) is 2. The van der Waals surface area contributed by atoms with Gasteiger partial charge in [-0.15, -0.1) is 11.3 Å². The summed E-state index contributed by atoms with van der Waals surface area (Å²) in [4.78, 5) is 9.96. The molecule has 5 nitrogen and oxygen atoms in total. The summed E-state index contributed by atoms with van der Waals surface area (Å²) in [5.74, 6) is 1.67. The first kappa shape index (κ1) is 18.3. The number of ether oxygens (including phenoxy) is 1. The van der Waals surface area contributed by atoms with Crippen LogP contribution in [0, 0.1) is 13.8 Å². The minimum absolute atomic E-state index is 0.175.